The number of ether oxygens (including phenoxy) is 1. The van der Waals surface area contributed by atoms with E-state index >= 15 is 0 Å². The number of aliphatic carboxylic acids is 2. The highest BCUT2D eigenvalue weighted by molar-refractivity contribution is 9.11. The fourth-order valence-corrected chi connectivity index (χ4v) is 12.7. The molecule has 534 valence electrons. The Balaban J connectivity index is 0.000000227. The molecule has 0 bridgehead atoms. The van der Waals surface area contributed by atoms with Gasteiger partial charge in [-0.2, -0.15) is 0 Å². The maximum Gasteiger partial charge on any atom is 0.333 e. The Labute approximate surface area is 644 Å². The third kappa shape index (κ3) is 24.7. The molecule has 0 aliphatic rings. The number of nitrogens with one attached hydrogen (secondary N) is 3. The number of carboxylic acids is 2. The molecule has 0 aliphatic carbocycles. The number of fused-ring (bicyclic) bond motifs is 2. The first-order chi connectivity index (χ1) is 47.9. The Hall–Kier alpha value is -8.25. The van der Waals surface area contributed by atoms with E-state index in [1.54, 1.807) is 39.8 Å². The Morgan fingerprint density at radius 3 is 1.06 bits per heavy atom. The number of aromatic amines is 2. The van der Waals surface area contributed by atoms with E-state index in [0.29, 0.717) is 23.3 Å². The van der Waals surface area contributed by atoms with E-state index in [0.717, 1.165) is 114 Å². The minimum Gasteiger partial charge on any atom is -0.478 e. The van der Waals surface area contributed by atoms with Crippen molar-refractivity contribution in [3.05, 3.63) is 273 Å². The van der Waals surface area contributed by atoms with Gasteiger partial charge in [0, 0.05) is 79.7 Å². The summed E-state index contributed by atoms with van der Waals surface area (Å²) in [4.78, 5) is 62.3. The summed E-state index contributed by atoms with van der Waals surface area (Å²) >= 11 is 17.2. The van der Waals surface area contributed by atoms with Gasteiger partial charge >= 0.3 is 17.9 Å². The molecule has 0 saturated carbocycles. The minimum absolute atomic E-state index is 0.0148. The van der Waals surface area contributed by atoms with Crippen molar-refractivity contribution in [2.45, 2.75) is 138 Å². The number of hydrogen-bond donors (Lipinski definition) is 5. The third-order valence-electron chi connectivity index (χ3n) is 16.7. The first kappa shape index (κ1) is 84.4. The second-order valence-electron chi connectivity index (χ2n) is 25.7. The van der Waals surface area contributed by atoms with Crippen molar-refractivity contribution in [2.75, 3.05) is 6.61 Å². The van der Waals surface area contributed by atoms with Gasteiger partial charge in [0.25, 0.3) is 0 Å². The molecule has 8 aromatic carbocycles. The van der Waals surface area contributed by atoms with Gasteiger partial charge in [-0.25, -0.2) is 14.4 Å². The predicted molar refractivity (Wildman–Crippen MR) is 444 cm³/mol. The largest absolute Gasteiger partial charge is 0.478 e. The highest BCUT2D eigenvalue weighted by atomic mass is 79.9. The Morgan fingerprint density at radius 1 is 0.412 bits per heavy atom. The number of carbonyl (C=O) groups excluding carboxylic acids is 3. The van der Waals surface area contributed by atoms with E-state index in [9.17, 15) is 24.0 Å². The van der Waals surface area contributed by atoms with Crippen LogP contribution >= 0.6 is 79.6 Å². The van der Waals surface area contributed by atoms with Crippen molar-refractivity contribution in [1.29, 1.82) is 0 Å². The molecule has 11 nitrogen and oxygen atoms in total. The van der Waals surface area contributed by atoms with Crippen LogP contribution < -0.4 is 5.32 Å². The molecule has 1 amide bonds. The Bertz CT molecular complexity index is 4820. The number of aldehydes is 1. The molecule has 0 aliphatic heterocycles. The second-order valence-corrected chi connectivity index (χ2v) is 30.0. The van der Waals surface area contributed by atoms with Crippen molar-refractivity contribution < 1.29 is 38.9 Å². The maximum absolute atomic E-state index is 12.2. The van der Waals surface area contributed by atoms with Gasteiger partial charge in [-0.05, 0) is 351 Å². The monoisotopic (exact) mass is 1690 g/mol. The summed E-state index contributed by atoms with van der Waals surface area (Å²) in [5, 5.41) is 23.2. The number of H-pyrrole nitrogens is 2. The first-order valence-electron chi connectivity index (χ1n) is 33.2. The van der Waals surface area contributed by atoms with Crippen LogP contribution in [-0.4, -0.2) is 62.9 Å². The van der Waals surface area contributed by atoms with E-state index in [2.05, 4.69) is 227 Å². The van der Waals surface area contributed by atoms with E-state index < -0.39 is 11.9 Å². The number of rotatable bonds is 13. The van der Waals surface area contributed by atoms with Crippen LogP contribution in [0.25, 0.3) is 68.4 Å². The lowest BCUT2D eigenvalue weighted by molar-refractivity contribution is -0.138. The Kier molecular flexibility index (Phi) is 32.6. The normalized spacial score (nSPS) is 11.4. The maximum atomic E-state index is 12.2. The molecule has 10 aromatic rings. The molecule has 16 heteroatoms. The number of benzene rings is 8. The zero-order valence-corrected chi connectivity index (χ0v) is 69.5. The molecule has 2 heterocycles. The average molecular weight is 1700 g/mol. The van der Waals surface area contributed by atoms with Gasteiger partial charge < -0.3 is 30.2 Å². The van der Waals surface area contributed by atoms with E-state index in [1.165, 1.54) is 58.7 Å². The predicted octanol–water partition coefficient (Wildman–Crippen LogP) is 24.6. The number of carboxylic acid groups (broad SMARTS) is 2. The van der Waals surface area contributed by atoms with E-state index in [4.69, 9.17) is 14.9 Å². The zero-order valence-electron chi connectivity index (χ0n) is 61.6. The van der Waals surface area contributed by atoms with Gasteiger partial charge in [0.05, 0.1) is 6.61 Å². The highest BCUT2D eigenvalue weighted by Crippen LogP contribution is 2.33. The van der Waals surface area contributed by atoms with Crippen molar-refractivity contribution in [2.24, 2.45) is 0 Å². The Morgan fingerprint density at radius 2 is 0.716 bits per heavy atom. The van der Waals surface area contributed by atoms with Crippen LogP contribution in [0, 0.1) is 83.1 Å². The van der Waals surface area contributed by atoms with Crippen LogP contribution in [-0.2, 0) is 23.9 Å². The standard InChI is InChI=1S/C23H26N2O.C20H19NO2.C14H17BrO2.C12H13BrO2.C9H9BrO.C8H8Br2/c1-14(2)25-23(26)17(5)11-20-10-16(4)21(12-15(20)3)18-6-7-22-19(13-18)8-9-24-22;1-12-10-18(13(2)8-17(12)9-14(3)20(22)23)15-4-5-19-16(11-15)6-7-21-19;1-5-17-14(16)11(4)7-12-6-10(3)13(15)8-9(12)2;1-7-6-11(13)8(2)4-10(7)5-9(3)12(14)15;1-6-4-9(10)7(2)3-8(6)5-11;1-5-3-8(10)6(2)4-7(5)9/h6-14,24H,1-5H3,(H,25,26);4-11,21H,1-3H3,(H,22,23);6-8H,5H2,1-4H3;4-6H,1-3H3,(H,14,15);3-5H,1-2H3;3-4H,1-2H3/b17-11+;14-9+;11-7+;9-5+;;. The van der Waals surface area contributed by atoms with Gasteiger partial charge in [0.15, 0.2) is 0 Å². The summed E-state index contributed by atoms with van der Waals surface area (Å²) in [6.07, 6.45) is 12.0. The number of hydrogen-bond acceptors (Lipinski definition) is 6. The lowest BCUT2D eigenvalue weighted by Gasteiger charge is -2.12. The highest BCUT2D eigenvalue weighted by Gasteiger charge is 2.14. The van der Waals surface area contributed by atoms with Crippen molar-refractivity contribution in [1.82, 2.24) is 15.3 Å². The van der Waals surface area contributed by atoms with E-state index in [1.807, 2.05) is 118 Å². The summed E-state index contributed by atoms with van der Waals surface area (Å²) < 4.78 is 10.5. The lowest BCUT2D eigenvalue weighted by atomic mass is 9.93. The summed E-state index contributed by atoms with van der Waals surface area (Å²) in [6.45, 7) is 37.3. The number of aryl methyl sites for hydroxylation is 12. The SMILES string of the molecule is C/C(=C\c1cc(C)c(-c2ccc3[nH]ccc3c2)cc1C)C(=O)NC(C)C.C/C(=C\c1cc(C)c(-c2ccc3[nH]ccc3c2)cc1C)C(=O)O.C/C(=C\c1cc(C)c(Br)cc1C)C(=O)O.CCOC(=O)/C(C)=C/c1cc(C)c(Br)cc1C.Cc1cc(Br)c(C)cc1Br.Cc1cc(C=O)c(C)cc1Br. The van der Waals surface area contributed by atoms with Gasteiger partial charge in [-0.3, -0.25) is 9.59 Å². The molecule has 0 saturated heterocycles. The van der Waals surface area contributed by atoms with Crippen LogP contribution in [0.15, 0.2) is 178 Å². The summed E-state index contributed by atoms with van der Waals surface area (Å²) in [6, 6.07) is 41.8. The smallest absolute Gasteiger partial charge is 0.333 e. The van der Waals surface area contributed by atoms with Crippen LogP contribution in [0.2, 0.25) is 0 Å². The van der Waals surface area contributed by atoms with Gasteiger partial charge in [0.1, 0.15) is 6.29 Å². The van der Waals surface area contributed by atoms with Gasteiger partial charge in [0.2, 0.25) is 5.91 Å². The number of halogens is 5. The van der Waals surface area contributed by atoms with Crippen LogP contribution in [0.5, 0.6) is 0 Å². The molecule has 0 radical (unpaired) electrons. The summed E-state index contributed by atoms with van der Waals surface area (Å²) in [7, 11) is 0. The number of amides is 1. The molecule has 0 fully saturated rings. The van der Waals surface area contributed by atoms with Gasteiger partial charge in [-0.15, -0.1) is 0 Å². The molecule has 0 unspecified atom stereocenters. The van der Waals surface area contributed by atoms with Crippen molar-refractivity contribution >= 4 is 156 Å². The third-order valence-corrected chi connectivity index (χ3v) is 21.0. The molecule has 5 N–H and O–H groups in total. The molecule has 2 aromatic heterocycles. The van der Waals surface area contributed by atoms with Gasteiger partial charge in [-0.1, -0.05) is 128 Å². The van der Waals surface area contributed by atoms with Crippen molar-refractivity contribution in [3.63, 3.8) is 0 Å². The molecule has 102 heavy (non-hydrogen) atoms. The average Bonchev–Trinajstić information content (AvgIpc) is 1.38. The molecule has 0 atom stereocenters. The first-order valence-corrected chi connectivity index (χ1v) is 37.1. The summed E-state index contributed by atoms with van der Waals surface area (Å²) in [5.41, 5.74) is 27.6. The molecular formula is C86H92Br5N3O8. The summed E-state index contributed by atoms with van der Waals surface area (Å²) in [5.74, 6) is -2.04. The number of esters is 1. The lowest BCUT2D eigenvalue weighted by Crippen LogP contribution is -2.30. The zero-order chi connectivity index (χ0) is 76.1. The number of aromatic nitrogens is 2. The topological polar surface area (TPSA) is 179 Å². The van der Waals surface area contributed by atoms with E-state index in [-0.39, 0.29) is 17.9 Å². The molecular weight excluding hydrogens is 1600 g/mol. The minimum atomic E-state index is -0.885. The second kappa shape index (κ2) is 39.4. The van der Waals surface area contributed by atoms with Crippen LogP contribution in [0.1, 0.15) is 148 Å². The quantitative estimate of drug-likeness (QED) is 0.0430. The van der Waals surface area contributed by atoms with Crippen molar-refractivity contribution in [3.8, 4) is 22.3 Å². The number of carbonyl (C=O) groups is 5. The van der Waals surface area contributed by atoms with Crippen LogP contribution in [0.3, 0.4) is 0 Å². The molecule has 10 rings (SSSR count). The fraction of sp³-hybridized carbons (Fsp3) is 0.244. The van der Waals surface area contributed by atoms with Crippen LogP contribution in [0.4, 0.5) is 0 Å². The molecule has 0 spiro atoms. The fourth-order valence-electron chi connectivity index (χ4n) is 10.4.